The fourth-order valence-electron chi connectivity index (χ4n) is 3.73. The van der Waals surface area contributed by atoms with Gasteiger partial charge in [0.15, 0.2) is 5.78 Å². The molecule has 1 aromatic carbocycles. The molecule has 0 N–H and O–H groups in total. The molecule has 0 radical (unpaired) electrons. The first-order valence-electron chi connectivity index (χ1n) is 6.82. The molecule has 94 valence electrons. The van der Waals surface area contributed by atoms with E-state index in [1.165, 1.54) is 12.0 Å². The quantitative estimate of drug-likeness (QED) is 0.678. The standard InChI is InChI=1S/C17H20O/c1-11-4-6-12(7-5-11)10-13-14-8-9-15(16(13)18)17(14,2)3/h4-7,10,14-15H,8-9H2,1-3H3/b13-10-. The van der Waals surface area contributed by atoms with E-state index in [2.05, 4.69) is 51.1 Å². The summed E-state index contributed by atoms with van der Waals surface area (Å²) in [5, 5.41) is 0. The second-order valence-electron chi connectivity index (χ2n) is 6.38. The largest absolute Gasteiger partial charge is 0.294 e. The van der Waals surface area contributed by atoms with Crippen LogP contribution >= 0.6 is 0 Å². The lowest BCUT2D eigenvalue weighted by molar-refractivity contribution is -0.119. The molecule has 2 aliphatic carbocycles. The number of Topliss-reactive ketones (excluding diaryl/α,β-unsaturated/α-hetero) is 1. The van der Waals surface area contributed by atoms with E-state index in [0.717, 1.165) is 17.6 Å². The Morgan fingerprint density at radius 1 is 1.11 bits per heavy atom. The molecule has 0 spiro atoms. The minimum absolute atomic E-state index is 0.174. The van der Waals surface area contributed by atoms with E-state index in [0.29, 0.717) is 11.7 Å². The molecule has 1 aromatic rings. The predicted octanol–water partition coefficient (Wildman–Crippen LogP) is 4.01. The van der Waals surface area contributed by atoms with Crippen molar-refractivity contribution < 1.29 is 4.79 Å². The Kier molecular flexibility index (Phi) is 2.48. The maximum absolute atomic E-state index is 12.4. The van der Waals surface area contributed by atoms with Crippen LogP contribution in [0.15, 0.2) is 29.8 Å². The van der Waals surface area contributed by atoms with E-state index in [9.17, 15) is 4.79 Å². The van der Waals surface area contributed by atoms with Gasteiger partial charge in [-0.1, -0.05) is 43.7 Å². The van der Waals surface area contributed by atoms with Crippen molar-refractivity contribution in [2.45, 2.75) is 33.6 Å². The lowest BCUT2D eigenvalue weighted by atomic mass is 9.81. The molecule has 1 nitrogen and oxygen atoms in total. The Hall–Kier alpha value is -1.37. The van der Waals surface area contributed by atoms with Gasteiger partial charge < -0.3 is 0 Å². The van der Waals surface area contributed by atoms with E-state index in [-0.39, 0.29) is 11.3 Å². The summed E-state index contributed by atoms with van der Waals surface area (Å²) >= 11 is 0. The molecule has 3 rings (SSSR count). The third kappa shape index (κ3) is 1.57. The SMILES string of the molecule is Cc1ccc(/C=C2\C(=O)C3CCC2C3(C)C)cc1. The number of ketones is 1. The average molecular weight is 240 g/mol. The third-order valence-corrected chi connectivity index (χ3v) is 4.92. The number of carbonyl (C=O) groups excluding carboxylic acids is 1. The zero-order valence-corrected chi connectivity index (χ0v) is 11.4. The maximum atomic E-state index is 12.4. The first-order valence-corrected chi connectivity index (χ1v) is 6.82. The highest BCUT2D eigenvalue weighted by molar-refractivity contribution is 6.05. The number of hydrogen-bond acceptors (Lipinski definition) is 1. The summed E-state index contributed by atoms with van der Waals surface area (Å²) in [6.45, 7) is 6.59. The number of carbonyl (C=O) groups is 1. The minimum Gasteiger partial charge on any atom is -0.294 e. The molecule has 2 fully saturated rings. The van der Waals surface area contributed by atoms with E-state index < -0.39 is 0 Å². The first-order chi connectivity index (χ1) is 8.50. The molecule has 2 aliphatic rings. The molecule has 2 bridgehead atoms. The van der Waals surface area contributed by atoms with Crippen molar-refractivity contribution >= 4 is 11.9 Å². The molecule has 0 heterocycles. The zero-order chi connectivity index (χ0) is 12.9. The van der Waals surface area contributed by atoms with Crippen molar-refractivity contribution in [2.75, 3.05) is 0 Å². The minimum atomic E-state index is 0.174. The zero-order valence-electron chi connectivity index (χ0n) is 11.4. The molecule has 18 heavy (non-hydrogen) atoms. The number of aryl methyl sites for hydroxylation is 1. The van der Waals surface area contributed by atoms with Crippen LogP contribution in [0.2, 0.25) is 0 Å². The highest BCUT2D eigenvalue weighted by atomic mass is 16.1. The van der Waals surface area contributed by atoms with Crippen molar-refractivity contribution in [3.05, 3.63) is 41.0 Å². The summed E-state index contributed by atoms with van der Waals surface area (Å²) in [7, 11) is 0. The van der Waals surface area contributed by atoms with Crippen LogP contribution in [0, 0.1) is 24.2 Å². The van der Waals surface area contributed by atoms with Gasteiger partial charge in [0.1, 0.15) is 0 Å². The van der Waals surface area contributed by atoms with Crippen molar-refractivity contribution in [1.82, 2.24) is 0 Å². The normalized spacial score (nSPS) is 31.3. The molecule has 1 heteroatoms. The molecule has 0 amide bonds. The van der Waals surface area contributed by atoms with Gasteiger partial charge >= 0.3 is 0 Å². The Labute approximate surface area is 109 Å². The number of rotatable bonds is 1. The molecule has 0 aliphatic heterocycles. The van der Waals surface area contributed by atoms with Crippen molar-refractivity contribution in [3.63, 3.8) is 0 Å². The molecular formula is C17H20O. The number of fused-ring (bicyclic) bond motifs is 2. The lowest BCUT2D eigenvalue weighted by Gasteiger charge is -2.22. The Morgan fingerprint density at radius 3 is 2.28 bits per heavy atom. The van der Waals surface area contributed by atoms with Crippen molar-refractivity contribution in [2.24, 2.45) is 17.3 Å². The van der Waals surface area contributed by atoms with E-state index >= 15 is 0 Å². The summed E-state index contributed by atoms with van der Waals surface area (Å²) in [6.07, 6.45) is 4.39. The molecule has 0 saturated heterocycles. The smallest absolute Gasteiger partial charge is 0.162 e. The first kappa shape index (κ1) is 11.7. The van der Waals surface area contributed by atoms with Crippen LogP contribution in [0.5, 0.6) is 0 Å². The molecule has 2 atom stereocenters. The lowest BCUT2D eigenvalue weighted by Crippen LogP contribution is -2.19. The van der Waals surface area contributed by atoms with E-state index in [1.807, 2.05) is 0 Å². The number of hydrogen-bond donors (Lipinski definition) is 0. The Bertz CT molecular complexity index is 519. The van der Waals surface area contributed by atoms with Crippen molar-refractivity contribution in [1.29, 1.82) is 0 Å². The summed E-state index contributed by atoms with van der Waals surface area (Å²) in [6, 6.07) is 8.42. The van der Waals surface area contributed by atoms with Crippen LogP contribution in [0.25, 0.3) is 6.08 Å². The third-order valence-electron chi connectivity index (χ3n) is 4.92. The maximum Gasteiger partial charge on any atom is 0.162 e. The molecular weight excluding hydrogens is 220 g/mol. The van der Waals surface area contributed by atoms with Gasteiger partial charge in [-0.15, -0.1) is 0 Å². The van der Waals surface area contributed by atoms with Gasteiger partial charge in [0.2, 0.25) is 0 Å². The van der Waals surface area contributed by atoms with Gasteiger partial charge in [-0.3, -0.25) is 4.79 Å². The number of benzene rings is 1. The second-order valence-corrected chi connectivity index (χ2v) is 6.38. The van der Waals surface area contributed by atoms with E-state index in [1.54, 1.807) is 0 Å². The van der Waals surface area contributed by atoms with Gasteiger partial charge in [-0.2, -0.15) is 0 Å². The average Bonchev–Trinajstić information content (AvgIpc) is 2.71. The fourth-order valence-corrected chi connectivity index (χ4v) is 3.73. The monoisotopic (exact) mass is 240 g/mol. The van der Waals surface area contributed by atoms with Crippen LogP contribution in [-0.4, -0.2) is 5.78 Å². The van der Waals surface area contributed by atoms with Crippen LogP contribution in [-0.2, 0) is 4.79 Å². The summed E-state index contributed by atoms with van der Waals surface area (Å²) in [5.41, 5.74) is 3.66. The fraction of sp³-hybridized carbons (Fsp3) is 0.471. The van der Waals surface area contributed by atoms with Gasteiger partial charge in [0, 0.05) is 5.92 Å². The summed E-state index contributed by atoms with van der Waals surface area (Å²) < 4.78 is 0. The Morgan fingerprint density at radius 2 is 1.72 bits per heavy atom. The van der Waals surface area contributed by atoms with E-state index in [4.69, 9.17) is 0 Å². The summed E-state index contributed by atoms with van der Waals surface area (Å²) in [4.78, 5) is 12.4. The highest BCUT2D eigenvalue weighted by Gasteiger charge is 2.55. The van der Waals surface area contributed by atoms with Crippen LogP contribution in [0.4, 0.5) is 0 Å². The Balaban J connectivity index is 1.99. The number of allylic oxidation sites excluding steroid dienone is 1. The summed E-state index contributed by atoms with van der Waals surface area (Å²) in [5.74, 6) is 1.13. The van der Waals surface area contributed by atoms with Gasteiger partial charge in [0.25, 0.3) is 0 Å². The van der Waals surface area contributed by atoms with Crippen LogP contribution < -0.4 is 0 Å². The van der Waals surface area contributed by atoms with Crippen LogP contribution in [0.3, 0.4) is 0 Å². The van der Waals surface area contributed by atoms with Gasteiger partial charge in [-0.05, 0) is 48.3 Å². The predicted molar refractivity (Wildman–Crippen MR) is 74.2 cm³/mol. The topological polar surface area (TPSA) is 17.1 Å². The highest BCUT2D eigenvalue weighted by Crippen LogP contribution is 2.58. The van der Waals surface area contributed by atoms with Crippen molar-refractivity contribution in [3.8, 4) is 0 Å². The van der Waals surface area contributed by atoms with Gasteiger partial charge in [-0.25, -0.2) is 0 Å². The molecule has 2 saturated carbocycles. The second kappa shape index (κ2) is 3.81. The molecule has 0 aromatic heterocycles. The van der Waals surface area contributed by atoms with Gasteiger partial charge in [0.05, 0.1) is 0 Å². The molecule has 2 unspecified atom stereocenters. The van der Waals surface area contributed by atoms with Crippen LogP contribution in [0.1, 0.15) is 37.8 Å².